The normalized spacial score (nSPS) is 22.8. The highest BCUT2D eigenvalue weighted by molar-refractivity contribution is 5.82. The summed E-state index contributed by atoms with van der Waals surface area (Å²) in [7, 11) is 2.74. The molecule has 0 N–H and O–H groups in total. The average molecular weight is 350 g/mol. The summed E-state index contributed by atoms with van der Waals surface area (Å²) in [4.78, 5) is 24.1. The van der Waals surface area contributed by atoms with E-state index in [1.54, 1.807) is 0 Å². The predicted octanol–water partition coefficient (Wildman–Crippen LogP) is 4.69. The lowest BCUT2D eigenvalue weighted by molar-refractivity contribution is -0.157. The summed E-state index contributed by atoms with van der Waals surface area (Å²) in [5, 5.41) is 0. The summed E-state index contributed by atoms with van der Waals surface area (Å²) < 4.78 is 9.76. The van der Waals surface area contributed by atoms with E-state index in [0.29, 0.717) is 18.8 Å². The smallest absolute Gasteiger partial charge is 0.309 e. The summed E-state index contributed by atoms with van der Waals surface area (Å²) in [5.74, 6) is -1.14. The van der Waals surface area contributed by atoms with Crippen LogP contribution in [0.1, 0.15) is 60.3 Å². The van der Waals surface area contributed by atoms with Gasteiger partial charge in [0.15, 0.2) is 0 Å². The molecule has 0 heterocycles. The summed E-state index contributed by atoms with van der Waals surface area (Å²) in [6.07, 6.45) is 7.61. The average Bonchev–Trinajstić information content (AvgIpc) is 2.58. The van der Waals surface area contributed by atoms with Crippen molar-refractivity contribution in [2.24, 2.45) is 23.2 Å². The second-order valence-corrected chi connectivity index (χ2v) is 8.09. The molecule has 1 rings (SSSR count). The van der Waals surface area contributed by atoms with Crippen LogP contribution in [0.5, 0.6) is 0 Å². The van der Waals surface area contributed by atoms with Crippen LogP contribution in [-0.4, -0.2) is 26.2 Å². The first-order chi connectivity index (χ1) is 11.6. The Hall–Kier alpha value is -1.58. The van der Waals surface area contributed by atoms with Crippen molar-refractivity contribution >= 4 is 11.9 Å². The van der Waals surface area contributed by atoms with Gasteiger partial charge in [-0.2, -0.15) is 0 Å². The third-order valence-electron chi connectivity index (χ3n) is 5.45. The molecule has 3 atom stereocenters. The molecule has 4 heteroatoms. The molecule has 4 nitrogen and oxygen atoms in total. The molecule has 142 valence electrons. The third-order valence-corrected chi connectivity index (χ3v) is 5.45. The largest absolute Gasteiger partial charge is 0.469 e. The Morgan fingerprint density at radius 3 is 2.28 bits per heavy atom. The first-order valence-corrected chi connectivity index (χ1v) is 9.13. The standard InChI is InChI=1S/C21H34O4/c1-14(9-8-10-15(2)21(3,4)5)16-11-12-17(19(22)24-6)18(13-16)20(23)25-7/h10-11,14,17-18H,8-9,12-13H2,1-7H3/b15-10+. The quantitative estimate of drug-likeness (QED) is 0.515. The van der Waals surface area contributed by atoms with Crippen LogP contribution >= 0.6 is 0 Å². The molecule has 0 aromatic carbocycles. The lowest BCUT2D eigenvalue weighted by atomic mass is 9.75. The number of carbonyl (C=O) groups excluding carboxylic acids is 2. The number of hydrogen-bond donors (Lipinski definition) is 0. The van der Waals surface area contributed by atoms with Gasteiger partial charge >= 0.3 is 11.9 Å². The minimum atomic E-state index is -0.438. The maximum Gasteiger partial charge on any atom is 0.309 e. The molecule has 3 unspecified atom stereocenters. The molecule has 1 aliphatic carbocycles. The van der Waals surface area contributed by atoms with Gasteiger partial charge in [-0.25, -0.2) is 0 Å². The molecule has 0 fully saturated rings. The van der Waals surface area contributed by atoms with Gasteiger partial charge in [0.2, 0.25) is 0 Å². The number of hydrogen-bond acceptors (Lipinski definition) is 4. The topological polar surface area (TPSA) is 52.6 Å². The van der Waals surface area contributed by atoms with Crippen molar-refractivity contribution < 1.29 is 19.1 Å². The number of methoxy groups -OCH3 is 2. The molecule has 0 aliphatic heterocycles. The molecule has 0 aromatic heterocycles. The van der Waals surface area contributed by atoms with Crippen LogP contribution in [0.15, 0.2) is 23.3 Å². The monoisotopic (exact) mass is 350 g/mol. The van der Waals surface area contributed by atoms with Crippen molar-refractivity contribution in [3.8, 4) is 0 Å². The molecule has 0 saturated carbocycles. The van der Waals surface area contributed by atoms with Gasteiger partial charge in [0, 0.05) is 0 Å². The summed E-state index contributed by atoms with van der Waals surface area (Å²) in [6, 6.07) is 0. The van der Waals surface area contributed by atoms with Gasteiger partial charge in [0.25, 0.3) is 0 Å². The summed E-state index contributed by atoms with van der Waals surface area (Å²) >= 11 is 0. The minimum Gasteiger partial charge on any atom is -0.469 e. The SMILES string of the molecule is COC(=O)C1CC=C(C(C)CC/C=C(\C)C(C)(C)C)CC1C(=O)OC. The Kier molecular flexibility index (Phi) is 7.91. The predicted molar refractivity (Wildman–Crippen MR) is 99.9 cm³/mol. The molecular weight excluding hydrogens is 316 g/mol. The van der Waals surface area contributed by atoms with Crippen LogP contribution in [0.4, 0.5) is 0 Å². The Morgan fingerprint density at radius 1 is 1.20 bits per heavy atom. The van der Waals surface area contributed by atoms with E-state index in [1.807, 2.05) is 0 Å². The van der Waals surface area contributed by atoms with Gasteiger partial charge in [-0.15, -0.1) is 0 Å². The number of rotatable bonds is 6. The molecule has 25 heavy (non-hydrogen) atoms. The number of carbonyl (C=O) groups is 2. The Bertz CT molecular complexity index is 537. The minimum absolute atomic E-state index is 0.205. The van der Waals surface area contributed by atoms with Crippen molar-refractivity contribution in [2.75, 3.05) is 14.2 Å². The van der Waals surface area contributed by atoms with Crippen molar-refractivity contribution in [1.29, 1.82) is 0 Å². The molecule has 0 radical (unpaired) electrons. The van der Waals surface area contributed by atoms with Crippen LogP contribution in [0.25, 0.3) is 0 Å². The first-order valence-electron chi connectivity index (χ1n) is 9.13. The zero-order valence-electron chi connectivity index (χ0n) is 16.8. The van der Waals surface area contributed by atoms with Crippen LogP contribution < -0.4 is 0 Å². The van der Waals surface area contributed by atoms with Crippen LogP contribution in [0.3, 0.4) is 0 Å². The van der Waals surface area contributed by atoms with Gasteiger partial charge in [0.05, 0.1) is 26.1 Å². The Balaban J connectivity index is 2.76. The Morgan fingerprint density at radius 2 is 1.76 bits per heavy atom. The van der Waals surface area contributed by atoms with Crippen LogP contribution in [0, 0.1) is 23.2 Å². The lowest BCUT2D eigenvalue weighted by Gasteiger charge is -2.30. The molecule has 0 saturated heterocycles. The van der Waals surface area contributed by atoms with Crippen molar-refractivity contribution in [1.82, 2.24) is 0 Å². The molecule has 0 aromatic rings. The Labute approximate surface area is 152 Å². The molecule has 0 spiro atoms. The van der Waals surface area contributed by atoms with Gasteiger partial charge in [-0.05, 0) is 43.9 Å². The van der Waals surface area contributed by atoms with E-state index in [2.05, 4.69) is 46.8 Å². The van der Waals surface area contributed by atoms with E-state index in [1.165, 1.54) is 25.4 Å². The molecule has 0 amide bonds. The fourth-order valence-electron chi connectivity index (χ4n) is 3.18. The third kappa shape index (κ3) is 6.02. The van der Waals surface area contributed by atoms with Crippen molar-refractivity contribution in [2.45, 2.75) is 60.3 Å². The van der Waals surface area contributed by atoms with E-state index in [9.17, 15) is 9.59 Å². The van der Waals surface area contributed by atoms with Crippen molar-refractivity contribution in [3.05, 3.63) is 23.3 Å². The van der Waals surface area contributed by atoms with Crippen LogP contribution in [-0.2, 0) is 19.1 Å². The highest BCUT2D eigenvalue weighted by Gasteiger charge is 2.38. The van der Waals surface area contributed by atoms with Gasteiger partial charge in [-0.1, -0.05) is 51.0 Å². The maximum atomic E-state index is 12.1. The lowest BCUT2D eigenvalue weighted by Crippen LogP contribution is -2.34. The van der Waals surface area contributed by atoms with E-state index in [0.717, 1.165) is 12.8 Å². The molecular formula is C21H34O4. The second kappa shape index (κ2) is 9.21. The van der Waals surface area contributed by atoms with E-state index in [-0.39, 0.29) is 17.4 Å². The zero-order chi connectivity index (χ0) is 19.2. The first kappa shape index (κ1) is 21.5. The maximum absolute atomic E-state index is 12.1. The van der Waals surface area contributed by atoms with Crippen molar-refractivity contribution in [3.63, 3.8) is 0 Å². The molecule has 0 bridgehead atoms. The highest BCUT2D eigenvalue weighted by atomic mass is 16.5. The fraction of sp³-hybridized carbons (Fsp3) is 0.714. The van der Waals surface area contributed by atoms with E-state index in [4.69, 9.17) is 9.47 Å². The van der Waals surface area contributed by atoms with Gasteiger partial charge in [-0.3, -0.25) is 9.59 Å². The van der Waals surface area contributed by atoms with Crippen LogP contribution in [0.2, 0.25) is 0 Å². The molecule has 1 aliphatic rings. The van der Waals surface area contributed by atoms with E-state index >= 15 is 0 Å². The second-order valence-electron chi connectivity index (χ2n) is 8.09. The zero-order valence-corrected chi connectivity index (χ0v) is 16.8. The summed E-state index contributed by atoms with van der Waals surface area (Å²) in [5.41, 5.74) is 2.85. The fourth-order valence-corrected chi connectivity index (χ4v) is 3.18. The van der Waals surface area contributed by atoms with Gasteiger partial charge in [0.1, 0.15) is 0 Å². The highest BCUT2D eigenvalue weighted by Crippen LogP contribution is 2.36. The number of allylic oxidation sites excluding steroid dienone is 4. The number of ether oxygens (including phenoxy) is 2. The van der Waals surface area contributed by atoms with E-state index < -0.39 is 11.8 Å². The summed E-state index contributed by atoms with van der Waals surface area (Å²) in [6.45, 7) is 11.0. The number of esters is 2. The van der Waals surface area contributed by atoms with Gasteiger partial charge < -0.3 is 9.47 Å².